The first kappa shape index (κ1) is 33.0. The van der Waals surface area contributed by atoms with Crippen LogP contribution in [0.3, 0.4) is 0 Å². The quantitative estimate of drug-likeness (QED) is 0.108. The van der Waals surface area contributed by atoms with Crippen LogP contribution in [0.2, 0.25) is 0 Å². The highest BCUT2D eigenvalue weighted by Gasteiger charge is 2.07. The van der Waals surface area contributed by atoms with E-state index in [1.165, 1.54) is 83.5 Å². The highest BCUT2D eigenvalue weighted by Crippen LogP contribution is 2.13. The summed E-state index contributed by atoms with van der Waals surface area (Å²) in [4.78, 5) is 11.4. The van der Waals surface area contributed by atoms with Gasteiger partial charge in [0, 0.05) is 6.42 Å². The third-order valence-corrected chi connectivity index (χ3v) is 5.18. The molecule has 0 rings (SSSR count). The fourth-order valence-electron chi connectivity index (χ4n) is 3.21. The normalized spacial score (nSPS) is 12.2. The molecule has 32 heavy (non-hydrogen) atoms. The van der Waals surface area contributed by atoms with Crippen LogP contribution in [-0.2, 0) is 9.53 Å². The van der Waals surface area contributed by atoms with Crippen LogP contribution in [0.25, 0.3) is 0 Å². The van der Waals surface area contributed by atoms with E-state index in [9.17, 15) is 4.79 Å². The molecule has 0 spiro atoms. The summed E-state index contributed by atoms with van der Waals surface area (Å²) >= 11 is 0. The Hall–Kier alpha value is -1.17. The maximum absolute atomic E-state index is 11.4. The lowest BCUT2D eigenvalue weighted by Gasteiger charge is -2.08. The van der Waals surface area contributed by atoms with Crippen LogP contribution in [0.4, 0.5) is 0 Å². The molecule has 0 amide bonds. The second-order valence-corrected chi connectivity index (χ2v) is 8.36. The van der Waals surface area contributed by atoms with Crippen molar-refractivity contribution < 1.29 is 24.9 Å². The maximum atomic E-state index is 11.4. The number of aliphatic hydroxyl groups excluding tert-OH is 3. The largest absolute Gasteiger partial charge is 0.463 e. The molecule has 0 aromatic heterocycles. The van der Waals surface area contributed by atoms with E-state index in [-0.39, 0.29) is 25.8 Å². The molecule has 0 bridgehead atoms. The molecule has 0 fully saturated rings. The Labute approximate surface area is 198 Å². The fourth-order valence-corrected chi connectivity index (χ4v) is 3.21. The summed E-state index contributed by atoms with van der Waals surface area (Å²) in [5, 5.41) is 25.9. The Balaban J connectivity index is 0. The summed E-state index contributed by atoms with van der Waals surface area (Å²) in [6.07, 6.45) is 26.3. The smallest absolute Gasteiger partial charge is 0.305 e. The van der Waals surface area contributed by atoms with Crippen molar-refractivity contribution in [2.45, 2.75) is 123 Å². The molecule has 5 heteroatoms. The van der Waals surface area contributed by atoms with E-state index in [2.05, 4.69) is 6.92 Å². The molecule has 0 aromatic carbocycles. The van der Waals surface area contributed by atoms with Gasteiger partial charge in [0.1, 0.15) is 12.7 Å². The molecule has 0 aromatic rings. The van der Waals surface area contributed by atoms with Gasteiger partial charge in [-0.15, -0.1) is 0 Å². The topological polar surface area (TPSA) is 87.0 Å². The first-order valence-corrected chi connectivity index (χ1v) is 13.0. The van der Waals surface area contributed by atoms with E-state index < -0.39 is 6.10 Å². The monoisotopic (exact) mass is 456 g/mol. The van der Waals surface area contributed by atoms with Crippen molar-refractivity contribution in [3.8, 4) is 0 Å². The van der Waals surface area contributed by atoms with E-state index in [1.807, 2.05) is 19.1 Å². The third kappa shape index (κ3) is 31.0. The number of esters is 1. The van der Waals surface area contributed by atoms with Crippen molar-refractivity contribution in [3.05, 3.63) is 24.3 Å². The Morgan fingerprint density at radius 1 is 0.781 bits per heavy atom. The fraction of sp³-hybridized carbons (Fsp3) is 0.815. The Bertz CT molecular complexity index is 420. The summed E-state index contributed by atoms with van der Waals surface area (Å²) in [7, 11) is 0. The summed E-state index contributed by atoms with van der Waals surface area (Å²) in [6.45, 7) is 3.85. The Morgan fingerprint density at radius 2 is 1.25 bits per heavy atom. The number of rotatable bonds is 21. The van der Waals surface area contributed by atoms with Crippen LogP contribution in [0.5, 0.6) is 0 Å². The van der Waals surface area contributed by atoms with Crippen LogP contribution < -0.4 is 0 Å². The van der Waals surface area contributed by atoms with Crippen LogP contribution in [0.15, 0.2) is 24.3 Å². The number of carbonyl (C=O) groups is 1. The van der Waals surface area contributed by atoms with Crippen molar-refractivity contribution in [1.29, 1.82) is 0 Å². The van der Waals surface area contributed by atoms with Gasteiger partial charge in [-0.1, -0.05) is 121 Å². The SMILES string of the molecule is C/C=C/C=C/CO.CCCCCCCCCCCCCCCCCC(=O)OCC(O)CO. The average Bonchev–Trinajstić information content (AvgIpc) is 2.80. The van der Waals surface area contributed by atoms with Gasteiger partial charge in [-0.2, -0.15) is 0 Å². The zero-order valence-electron chi connectivity index (χ0n) is 21.0. The molecule has 0 radical (unpaired) electrons. The van der Waals surface area contributed by atoms with Gasteiger partial charge in [-0.25, -0.2) is 0 Å². The standard InChI is InChI=1S/C21H42O4.C6H10O/c1-2-3-4-5-6-7-8-9-10-11-12-13-14-15-16-17-21(24)25-19-20(23)18-22;1-2-3-4-5-6-7/h20,22-23H,2-19H2,1H3;2-5,7H,6H2,1H3/b;3-2+,5-4+. The first-order valence-electron chi connectivity index (χ1n) is 13.0. The first-order chi connectivity index (χ1) is 15.6. The van der Waals surface area contributed by atoms with Gasteiger partial charge >= 0.3 is 5.97 Å². The summed E-state index contributed by atoms with van der Waals surface area (Å²) in [6, 6.07) is 0. The minimum absolute atomic E-state index is 0.103. The molecule has 0 aliphatic heterocycles. The molecule has 3 N–H and O–H groups in total. The zero-order valence-corrected chi connectivity index (χ0v) is 21.0. The molecule has 0 saturated heterocycles. The molecule has 190 valence electrons. The number of aliphatic hydroxyl groups is 3. The van der Waals surface area contributed by atoms with Crippen LogP contribution in [0, 0.1) is 0 Å². The van der Waals surface area contributed by atoms with E-state index >= 15 is 0 Å². The summed E-state index contributed by atoms with van der Waals surface area (Å²) in [5.74, 6) is -0.276. The predicted octanol–water partition coefficient (Wildman–Crippen LogP) is 6.26. The molecule has 5 nitrogen and oxygen atoms in total. The summed E-state index contributed by atoms with van der Waals surface area (Å²) < 4.78 is 4.86. The van der Waals surface area contributed by atoms with E-state index in [4.69, 9.17) is 20.1 Å². The number of allylic oxidation sites excluding steroid dienone is 3. The van der Waals surface area contributed by atoms with Crippen LogP contribution in [-0.4, -0.2) is 47.2 Å². The van der Waals surface area contributed by atoms with Crippen LogP contribution in [0.1, 0.15) is 117 Å². The Morgan fingerprint density at radius 3 is 1.66 bits per heavy atom. The van der Waals surface area contributed by atoms with Gasteiger partial charge in [0.2, 0.25) is 0 Å². The highest BCUT2D eigenvalue weighted by molar-refractivity contribution is 5.69. The number of hydrogen-bond acceptors (Lipinski definition) is 5. The molecule has 0 aliphatic rings. The van der Waals surface area contributed by atoms with Gasteiger partial charge in [0.05, 0.1) is 13.2 Å². The van der Waals surface area contributed by atoms with Gasteiger partial charge < -0.3 is 20.1 Å². The minimum Gasteiger partial charge on any atom is -0.463 e. The molecule has 1 unspecified atom stereocenters. The second-order valence-electron chi connectivity index (χ2n) is 8.36. The van der Waals surface area contributed by atoms with Crippen molar-refractivity contribution in [2.75, 3.05) is 19.8 Å². The van der Waals surface area contributed by atoms with Gasteiger partial charge in [-0.3, -0.25) is 4.79 Å². The lowest BCUT2D eigenvalue weighted by Crippen LogP contribution is -2.21. The molecule has 0 saturated carbocycles. The maximum Gasteiger partial charge on any atom is 0.305 e. The molecular weight excluding hydrogens is 404 g/mol. The van der Waals surface area contributed by atoms with Crippen molar-refractivity contribution >= 4 is 5.97 Å². The Kier molecular flexibility index (Phi) is 30.8. The number of hydrogen-bond donors (Lipinski definition) is 3. The number of carbonyl (C=O) groups excluding carboxylic acids is 1. The molecular formula is C27H52O5. The van der Waals surface area contributed by atoms with Gasteiger partial charge in [0.25, 0.3) is 0 Å². The van der Waals surface area contributed by atoms with Crippen molar-refractivity contribution in [3.63, 3.8) is 0 Å². The number of ether oxygens (including phenoxy) is 1. The van der Waals surface area contributed by atoms with Crippen LogP contribution >= 0.6 is 0 Å². The second kappa shape index (κ2) is 29.8. The predicted molar refractivity (Wildman–Crippen MR) is 135 cm³/mol. The van der Waals surface area contributed by atoms with E-state index in [1.54, 1.807) is 12.2 Å². The lowest BCUT2D eigenvalue weighted by molar-refractivity contribution is -0.147. The van der Waals surface area contributed by atoms with E-state index in [0.29, 0.717) is 6.42 Å². The molecule has 0 heterocycles. The number of unbranched alkanes of at least 4 members (excludes halogenated alkanes) is 14. The minimum atomic E-state index is -0.954. The zero-order chi connectivity index (χ0) is 24.1. The summed E-state index contributed by atoms with van der Waals surface area (Å²) in [5.41, 5.74) is 0. The lowest BCUT2D eigenvalue weighted by atomic mass is 10.0. The molecule has 0 aliphatic carbocycles. The van der Waals surface area contributed by atoms with Gasteiger partial charge in [-0.05, 0) is 13.3 Å². The van der Waals surface area contributed by atoms with Crippen molar-refractivity contribution in [2.24, 2.45) is 0 Å². The highest BCUT2D eigenvalue weighted by atomic mass is 16.5. The van der Waals surface area contributed by atoms with E-state index in [0.717, 1.165) is 12.8 Å². The average molecular weight is 457 g/mol. The van der Waals surface area contributed by atoms with Crippen molar-refractivity contribution in [1.82, 2.24) is 0 Å². The molecule has 1 atom stereocenters. The van der Waals surface area contributed by atoms with Gasteiger partial charge in [0.15, 0.2) is 0 Å². The third-order valence-electron chi connectivity index (χ3n) is 5.18.